The number of aldehydes is 1. The number of ether oxygens (including phenoxy) is 1. The first-order chi connectivity index (χ1) is 9.85. The van der Waals surface area contributed by atoms with Crippen LogP contribution in [0.25, 0.3) is 10.9 Å². The summed E-state index contributed by atoms with van der Waals surface area (Å²) >= 11 is 0. The fraction of sp³-hybridized carbons (Fsp3) is 0.250. The molecule has 21 heavy (non-hydrogen) atoms. The lowest BCUT2D eigenvalue weighted by Crippen LogP contribution is -2.33. The number of carbonyl (C=O) groups is 2. The van der Waals surface area contributed by atoms with E-state index in [1.807, 2.05) is 0 Å². The molecule has 0 amide bonds. The van der Waals surface area contributed by atoms with E-state index in [2.05, 4.69) is 14.9 Å². The van der Waals surface area contributed by atoms with Crippen LogP contribution in [-0.4, -0.2) is 41.4 Å². The molecule has 1 aromatic heterocycles. The molecule has 0 aliphatic rings. The van der Waals surface area contributed by atoms with E-state index in [1.54, 1.807) is 0 Å². The molecule has 0 aliphatic heterocycles. The van der Waals surface area contributed by atoms with Gasteiger partial charge in [0.15, 0.2) is 12.9 Å². The molecule has 0 aliphatic carbocycles. The van der Waals surface area contributed by atoms with Crippen LogP contribution in [0.2, 0.25) is 0 Å². The summed E-state index contributed by atoms with van der Waals surface area (Å²) in [5, 5.41) is 6.58. The van der Waals surface area contributed by atoms with Crippen LogP contribution in [0.15, 0.2) is 18.2 Å². The molecule has 1 heterocycles. The molecule has 2 aromatic rings. The second-order valence-corrected chi connectivity index (χ2v) is 4.12. The number of halogens is 4. The minimum Gasteiger partial charge on any atom is -0.455 e. The van der Waals surface area contributed by atoms with Crippen LogP contribution in [-0.2, 0) is 4.74 Å². The number of fused-ring (bicyclic) bond motifs is 1. The van der Waals surface area contributed by atoms with Gasteiger partial charge in [0.25, 0.3) is 0 Å². The maximum atomic E-state index is 12.6. The lowest BCUT2D eigenvalue weighted by molar-refractivity contribution is -0.155. The number of esters is 1. The van der Waals surface area contributed by atoms with Crippen LogP contribution in [0.3, 0.4) is 0 Å². The molecule has 0 radical (unpaired) electrons. The van der Waals surface area contributed by atoms with E-state index in [4.69, 9.17) is 0 Å². The van der Waals surface area contributed by atoms with Crippen LogP contribution >= 0.6 is 0 Å². The molecule has 0 saturated carbocycles. The standard InChI is InChI=1S/C12H8F4N2O3/c13-11(14)12(15,16)5-21-10(20)6-1-2-7-8(3-6)17-18-9(7)4-19/h1-4,11H,5H2,(H,17,18). The number of hydrogen-bond acceptors (Lipinski definition) is 4. The van der Waals surface area contributed by atoms with Crippen molar-refractivity contribution >= 4 is 23.2 Å². The quantitative estimate of drug-likeness (QED) is 0.523. The molecule has 1 aromatic carbocycles. The Hall–Kier alpha value is -2.45. The summed E-state index contributed by atoms with van der Waals surface area (Å²) in [4.78, 5) is 22.2. The molecular formula is C12H8F4N2O3. The summed E-state index contributed by atoms with van der Waals surface area (Å²) in [5.74, 6) is -5.59. The molecule has 9 heteroatoms. The first-order valence-corrected chi connectivity index (χ1v) is 5.61. The molecule has 2 rings (SSSR count). The molecule has 1 N–H and O–H groups in total. The topological polar surface area (TPSA) is 72.0 Å². The van der Waals surface area contributed by atoms with E-state index in [1.165, 1.54) is 18.2 Å². The van der Waals surface area contributed by atoms with Crippen LogP contribution in [0.5, 0.6) is 0 Å². The van der Waals surface area contributed by atoms with E-state index in [0.717, 1.165) is 0 Å². The van der Waals surface area contributed by atoms with Crippen molar-refractivity contribution in [1.82, 2.24) is 10.2 Å². The average molecular weight is 304 g/mol. The second kappa shape index (κ2) is 5.51. The molecule has 112 valence electrons. The summed E-state index contributed by atoms with van der Waals surface area (Å²) in [5.41, 5.74) is 0.290. The average Bonchev–Trinajstić information content (AvgIpc) is 2.86. The number of nitrogens with one attached hydrogen (secondary N) is 1. The third-order valence-corrected chi connectivity index (χ3v) is 2.65. The molecule has 0 bridgehead atoms. The highest BCUT2D eigenvalue weighted by Gasteiger charge is 2.42. The Bertz CT molecular complexity index is 684. The van der Waals surface area contributed by atoms with Crippen LogP contribution < -0.4 is 0 Å². The molecule has 0 saturated heterocycles. The highest BCUT2D eigenvalue weighted by Crippen LogP contribution is 2.24. The molecule has 0 fully saturated rings. The number of aromatic nitrogens is 2. The first-order valence-electron chi connectivity index (χ1n) is 5.61. The Morgan fingerprint density at radius 2 is 2.14 bits per heavy atom. The van der Waals surface area contributed by atoms with E-state index in [0.29, 0.717) is 11.7 Å². The number of H-pyrrole nitrogens is 1. The van der Waals surface area contributed by atoms with E-state index >= 15 is 0 Å². The maximum absolute atomic E-state index is 12.6. The van der Waals surface area contributed by atoms with Gasteiger partial charge in [0.2, 0.25) is 0 Å². The zero-order chi connectivity index (χ0) is 15.6. The predicted molar refractivity (Wildman–Crippen MR) is 62.7 cm³/mol. The minimum absolute atomic E-state index is 0.142. The zero-order valence-electron chi connectivity index (χ0n) is 10.3. The zero-order valence-corrected chi connectivity index (χ0v) is 10.3. The third kappa shape index (κ3) is 3.01. The van der Waals surface area contributed by atoms with Gasteiger partial charge in [-0.2, -0.15) is 13.9 Å². The highest BCUT2D eigenvalue weighted by molar-refractivity contribution is 5.99. The van der Waals surface area contributed by atoms with E-state index in [9.17, 15) is 27.2 Å². The SMILES string of the molecule is O=Cc1[nH]nc2cc(C(=O)OCC(F)(F)C(F)F)ccc12. The van der Waals surface area contributed by atoms with Crippen molar-refractivity contribution < 1.29 is 31.9 Å². The van der Waals surface area contributed by atoms with Crippen molar-refractivity contribution in [3.63, 3.8) is 0 Å². The van der Waals surface area contributed by atoms with Gasteiger partial charge in [0.1, 0.15) is 5.69 Å². The van der Waals surface area contributed by atoms with Gasteiger partial charge in [0, 0.05) is 5.39 Å². The minimum atomic E-state index is -4.41. The van der Waals surface area contributed by atoms with Crippen molar-refractivity contribution in [2.75, 3.05) is 6.61 Å². The normalized spacial score (nSPS) is 11.9. The van der Waals surface area contributed by atoms with Crippen LogP contribution in [0, 0.1) is 0 Å². The largest absolute Gasteiger partial charge is 0.455 e. The monoisotopic (exact) mass is 304 g/mol. The maximum Gasteiger partial charge on any atom is 0.340 e. The third-order valence-electron chi connectivity index (χ3n) is 2.65. The van der Waals surface area contributed by atoms with Gasteiger partial charge in [-0.25, -0.2) is 13.6 Å². The van der Waals surface area contributed by atoms with Crippen molar-refractivity contribution in [2.24, 2.45) is 0 Å². The molecule has 0 spiro atoms. The predicted octanol–water partition coefficient (Wildman–Crippen LogP) is 2.43. The van der Waals surface area contributed by atoms with E-state index < -0.39 is 24.9 Å². The van der Waals surface area contributed by atoms with Crippen molar-refractivity contribution in [1.29, 1.82) is 0 Å². The fourth-order valence-corrected chi connectivity index (χ4v) is 1.56. The number of nitrogens with zero attached hydrogens (tertiary/aromatic N) is 1. The smallest absolute Gasteiger partial charge is 0.340 e. The fourth-order valence-electron chi connectivity index (χ4n) is 1.56. The van der Waals surface area contributed by atoms with Gasteiger partial charge in [0.05, 0.1) is 11.1 Å². The summed E-state index contributed by atoms with van der Waals surface area (Å²) in [6.07, 6.45) is -3.40. The molecular weight excluding hydrogens is 296 g/mol. The van der Waals surface area contributed by atoms with Crippen molar-refractivity contribution in [3.8, 4) is 0 Å². The molecule has 0 unspecified atom stereocenters. The van der Waals surface area contributed by atoms with Gasteiger partial charge < -0.3 is 4.74 Å². The number of rotatable bonds is 5. The Labute approximate surface area is 114 Å². The van der Waals surface area contributed by atoms with Gasteiger partial charge in [-0.05, 0) is 18.2 Å². The number of benzene rings is 1. The lowest BCUT2D eigenvalue weighted by atomic mass is 10.1. The first kappa shape index (κ1) is 14.9. The van der Waals surface area contributed by atoms with Gasteiger partial charge in [-0.3, -0.25) is 9.89 Å². The Morgan fingerprint density at radius 1 is 1.43 bits per heavy atom. The van der Waals surface area contributed by atoms with Crippen LogP contribution in [0.1, 0.15) is 20.8 Å². The number of hydrogen-bond donors (Lipinski definition) is 1. The van der Waals surface area contributed by atoms with E-state index in [-0.39, 0.29) is 16.8 Å². The van der Waals surface area contributed by atoms with Gasteiger partial charge in [-0.15, -0.1) is 0 Å². The summed E-state index contributed by atoms with van der Waals surface area (Å²) in [7, 11) is 0. The summed E-state index contributed by atoms with van der Waals surface area (Å²) in [6, 6.07) is 3.78. The van der Waals surface area contributed by atoms with Gasteiger partial charge in [-0.1, -0.05) is 0 Å². The Morgan fingerprint density at radius 3 is 2.76 bits per heavy atom. The number of alkyl halides is 4. The second-order valence-electron chi connectivity index (χ2n) is 4.12. The molecule has 5 nitrogen and oxygen atoms in total. The van der Waals surface area contributed by atoms with Crippen molar-refractivity contribution in [2.45, 2.75) is 12.3 Å². The lowest BCUT2D eigenvalue weighted by Gasteiger charge is -2.14. The number of carbonyl (C=O) groups excluding carboxylic acids is 2. The highest BCUT2D eigenvalue weighted by atomic mass is 19.3. The molecule has 0 atom stereocenters. The van der Waals surface area contributed by atoms with Gasteiger partial charge >= 0.3 is 18.3 Å². The summed E-state index contributed by atoms with van der Waals surface area (Å²) < 4.78 is 53.3. The Kier molecular flexibility index (Phi) is 3.92. The summed E-state index contributed by atoms with van der Waals surface area (Å²) in [6.45, 7) is -1.72. The Balaban J connectivity index is 2.15. The number of aromatic amines is 1. The van der Waals surface area contributed by atoms with Crippen molar-refractivity contribution in [3.05, 3.63) is 29.5 Å². The van der Waals surface area contributed by atoms with Crippen LogP contribution in [0.4, 0.5) is 17.6 Å².